The summed E-state index contributed by atoms with van der Waals surface area (Å²) in [4.78, 5) is 0. The minimum atomic E-state index is -0.446. The van der Waals surface area contributed by atoms with Crippen molar-refractivity contribution < 1.29 is 39.4 Å². The number of fused-ring (bicyclic) bond motifs is 2. The van der Waals surface area contributed by atoms with Crippen LogP contribution in [0.1, 0.15) is 17.0 Å². The molecule has 0 spiro atoms. The van der Waals surface area contributed by atoms with Gasteiger partial charge in [0.2, 0.25) is 0 Å². The standard InChI is InChI=1S/C24H11Br2Cl5O2.Na/c25-13-8-12-15(16-18(27)20(29)22(31)21(30)19(16)28)11-6-5-10(9-3-1-2-4-9)7-14(11)33-24(12)17(26)23(13)32;/h1-8,11,15,32H;/q;+1/p-1. The number of hydrogen-bond donors (Lipinski definition) is 0. The Hall–Kier alpha value is 0.150. The van der Waals surface area contributed by atoms with Crippen molar-refractivity contribution in [2.45, 2.75) is 5.92 Å². The van der Waals surface area contributed by atoms with E-state index in [1.807, 2.05) is 42.5 Å². The van der Waals surface area contributed by atoms with Gasteiger partial charge in [-0.3, -0.25) is 0 Å². The van der Waals surface area contributed by atoms with Crippen molar-refractivity contribution >= 4 is 89.9 Å². The minimum absolute atomic E-state index is 0. The van der Waals surface area contributed by atoms with Crippen molar-refractivity contribution in [3.8, 4) is 11.5 Å². The van der Waals surface area contributed by atoms with Gasteiger partial charge in [0.1, 0.15) is 11.5 Å². The van der Waals surface area contributed by atoms with Gasteiger partial charge in [-0.25, -0.2) is 0 Å². The van der Waals surface area contributed by atoms with Gasteiger partial charge in [0.05, 0.1) is 29.6 Å². The first-order valence-corrected chi connectivity index (χ1v) is 13.0. The number of halogens is 7. The van der Waals surface area contributed by atoms with Gasteiger partial charge in [-0.15, -0.1) is 0 Å². The Labute approximate surface area is 260 Å². The monoisotopic (exact) mass is 686 g/mol. The number of benzene rings is 2. The number of ether oxygens (including phenoxy) is 1. The van der Waals surface area contributed by atoms with E-state index < -0.39 is 5.92 Å². The first kappa shape index (κ1) is 27.2. The molecule has 34 heavy (non-hydrogen) atoms. The van der Waals surface area contributed by atoms with E-state index in [2.05, 4.69) is 31.9 Å². The molecule has 0 aromatic heterocycles. The Balaban J connectivity index is 0.00000274. The smallest absolute Gasteiger partial charge is 0.871 e. The summed E-state index contributed by atoms with van der Waals surface area (Å²) in [5, 5.41) is 13.4. The maximum atomic E-state index is 12.7. The molecule has 0 saturated carbocycles. The molecule has 2 aromatic carbocycles. The quantitative estimate of drug-likeness (QED) is 0.193. The van der Waals surface area contributed by atoms with Crippen molar-refractivity contribution in [1.82, 2.24) is 0 Å². The van der Waals surface area contributed by atoms with Crippen LogP contribution in [0.3, 0.4) is 0 Å². The maximum absolute atomic E-state index is 12.7. The average Bonchev–Trinajstić information content (AvgIpc) is 3.35. The number of allylic oxidation sites excluding steroid dienone is 9. The zero-order valence-corrected chi connectivity index (χ0v) is 26.2. The van der Waals surface area contributed by atoms with Gasteiger partial charge in [0.15, 0.2) is 0 Å². The summed E-state index contributed by atoms with van der Waals surface area (Å²) in [5.41, 5.74) is 3.25. The molecule has 5 rings (SSSR count). The molecule has 168 valence electrons. The molecular formula is C24H10Br2Cl5NaO2. The van der Waals surface area contributed by atoms with Crippen molar-refractivity contribution in [1.29, 1.82) is 0 Å². The molecule has 0 N–H and O–H groups in total. The Morgan fingerprint density at radius 2 is 1.41 bits per heavy atom. The molecule has 0 fully saturated rings. The third-order valence-electron chi connectivity index (χ3n) is 5.73. The fourth-order valence-corrected chi connectivity index (χ4v) is 6.82. The van der Waals surface area contributed by atoms with E-state index in [0.29, 0.717) is 31.6 Å². The van der Waals surface area contributed by atoms with Crippen LogP contribution in [0.15, 0.2) is 74.4 Å². The van der Waals surface area contributed by atoms with Crippen molar-refractivity contribution in [3.05, 3.63) is 111 Å². The molecule has 0 radical (unpaired) electrons. The molecule has 2 aromatic rings. The summed E-state index contributed by atoms with van der Waals surface area (Å²) in [5.74, 6) is 0.0707. The van der Waals surface area contributed by atoms with Crippen LogP contribution in [0, 0.1) is 5.92 Å². The van der Waals surface area contributed by atoms with Crippen LogP contribution in [0.2, 0.25) is 25.1 Å². The molecule has 2 unspecified atom stereocenters. The molecular weight excluding hydrogens is 680 g/mol. The van der Waals surface area contributed by atoms with Crippen LogP contribution in [0.25, 0.3) is 0 Å². The van der Waals surface area contributed by atoms with Gasteiger partial charge in [-0.2, -0.15) is 0 Å². The van der Waals surface area contributed by atoms with Gasteiger partial charge < -0.3 is 9.84 Å². The Bertz CT molecular complexity index is 1350. The Kier molecular flexibility index (Phi) is 8.39. The molecule has 2 aliphatic carbocycles. The summed E-state index contributed by atoms with van der Waals surface area (Å²) >= 11 is 39.2. The molecule has 2 atom stereocenters. The van der Waals surface area contributed by atoms with E-state index in [1.54, 1.807) is 6.07 Å². The number of hydrogen-bond acceptors (Lipinski definition) is 2. The summed E-state index contributed by atoms with van der Waals surface area (Å²) in [6.07, 6.45) is 14.0. The third-order valence-corrected chi connectivity index (χ3v) is 9.35. The van der Waals surface area contributed by atoms with Gasteiger partial charge in [0, 0.05) is 27.4 Å². The molecule has 1 heterocycles. The second-order valence-electron chi connectivity index (χ2n) is 7.54. The predicted molar refractivity (Wildman–Crippen MR) is 141 cm³/mol. The molecule has 10 heteroatoms. The van der Waals surface area contributed by atoms with Gasteiger partial charge in [-0.1, -0.05) is 116 Å². The van der Waals surface area contributed by atoms with Crippen molar-refractivity contribution in [2.24, 2.45) is 5.92 Å². The van der Waals surface area contributed by atoms with Crippen LogP contribution in [0.5, 0.6) is 11.5 Å². The summed E-state index contributed by atoms with van der Waals surface area (Å²) < 4.78 is 6.95. The van der Waals surface area contributed by atoms with Crippen molar-refractivity contribution in [2.75, 3.05) is 0 Å². The molecule has 2 nitrogen and oxygen atoms in total. The maximum Gasteiger partial charge on any atom is 1.00 e. The van der Waals surface area contributed by atoms with Gasteiger partial charge >= 0.3 is 29.6 Å². The van der Waals surface area contributed by atoms with Crippen LogP contribution in [0.4, 0.5) is 0 Å². The van der Waals surface area contributed by atoms with E-state index in [4.69, 9.17) is 62.7 Å². The average molecular weight is 690 g/mol. The van der Waals surface area contributed by atoms with E-state index in [0.717, 1.165) is 11.1 Å². The fraction of sp³-hybridized carbons (Fsp3) is 0.0833. The minimum Gasteiger partial charge on any atom is -0.871 e. The van der Waals surface area contributed by atoms with Crippen LogP contribution < -0.4 is 39.4 Å². The Morgan fingerprint density at radius 1 is 0.824 bits per heavy atom. The Morgan fingerprint density at radius 3 is 2.03 bits per heavy atom. The van der Waals surface area contributed by atoms with Crippen LogP contribution in [-0.2, 0) is 0 Å². The third kappa shape index (κ3) is 4.41. The predicted octanol–water partition coefficient (Wildman–Crippen LogP) is 6.57. The van der Waals surface area contributed by atoms with E-state index in [9.17, 15) is 5.11 Å². The van der Waals surface area contributed by atoms with Gasteiger partial charge in [0.25, 0.3) is 0 Å². The summed E-state index contributed by atoms with van der Waals surface area (Å²) in [7, 11) is 0. The molecule has 0 saturated heterocycles. The first-order chi connectivity index (χ1) is 15.7. The zero-order valence-electron chi connectivity index (χ0n) is 17.2. The van der Waals surface area contributed by atoms with E-state index in [1.165, 1.54) is 0 Å². The molecule has 0 bridgehead atoms. The summed E-state index contributed by atoms with van der Waals surface area (Å²) in [6.45, 7) is 0. The van der Waals surface area contributed by atoms with Crippen LogP contribution in [-0.4, -0.2) is 0 Å². The summed E-state index contributed by atoms with van der Waals surface area (Å²) in [6, 6.07) is 1.72. The number of rotatable bonds is 1. The van der Waals surface area contributed by atoms with Crippen molar-refractivity contribution in [3.63, 3.8) is 0 Å². The van der Waals surface area contributed by atoms with E-state index >= 15 is 0 Å². The van der Waals surface area contributed by atoms with Crippen LogP contribution >= 0.6 is 89.9 Å². The zero-order chi connectivity index (χ0) is 23.6. The largest absolute Gasteiger partial charge is 1.00 e. The first-order valence-electron chi connectivity index (χ1n) is 9.57. The fourth-order valence-electron chi connectivity index (χ4n) is 4.20. The molecule has 1 aliphatic heterocycles. The normalized spacial score (nSPS) is 20.0. The van der Waals surface area contributed by atoms with E-state index in [-0.39, 0.29) is 66.3 Å². The molecule has 3 aliphatic rings. The SMILES string of the molecule is [Na+].[O-]c1c(Br)cc2c(c1Br)OC1=CC(=C3C=CC=C3)C=CC1C2c1c(Cl)c(Cl)c(Cl)c(Cl)c1Cl. The topological polar surface area (TPSA) is 32.3 Å². The second-order valence-corrected chi connectivity index (χ2v) is 11.1. The van der Waals surface area contributed by atoms with Gasteiger partial charge in [-0.05, 0) is 39.2 Å². The molecule has 0 amide bonds. The second kappa shape index (κ2) is 10.5.